The van der Waals surface area contributed by atoms with Gasteiger partial charge in [0.2, 0.25) is 7.28 Å². The van der Waals surface area contributed by atoms with Crippen molar-refractivity contribution in [1.82, 2.24) is 0 Å². The Morgan fingerprint density at radius 1 is 0.864 bits per heavy atom. The first-order valence-electron chi connectivity index (χ1n) is 6.74. The van der Waals surface area contributed by atoms with Gasteiger partial charge in [-0.3, -0.25) is 0 Å². The minimum atomic E-state index is 0. The molecule has 6 heteroatoms. The van der Waals surface area contributed by atoms with Crippen molar-refractivity contribution in [3.05, 3.63) is 55.9 Å². The summed E-state index contributed by atoms with van der Waals surface area (Å²) in [4.78, 5) is 0. The second-order valence-electron chi connectivity index (χ2n) is 4.55. The first kappa shape index (κ1) is 24.9. The fraction of sp³-hybridized carbons (Fsp3) is 0.312. The molecular formula is C16H23B2N2Y2+. The Balaban J connectivity index is 0. The van der Waals surface area contributed by atoms with E-state index in [0.29, 0.717) is 0 Å². The van der Waals surface area contributed by atoms with Gasteiger partial charge >= 0.3 is 0 Å². The normalized spacial score (nSPS) is 8.82. The van der Waals surface area contributed by atoms with Crippen molar-refractivity contribution in [2.45, 2.75) is 33.6 Å². The topological polar surface area (TPSA) is 7.76 Å². The van der Waals surface area contributed by atoms with Crippen molar-refractivity contribution in [3.63, 3.8) is 0 Å². The van der Waals surface area contributed by atoms with Crippen molar-refractivity contribution in [3.8, 4) is 11.1 Å². The van der Waals surface area contributed by atoms with Crippen LogP contribution in [-0.2, 0) is 78.3 Å². The summed E-state index contributed by atoms with van der Waals surface area (Å²) in [7, 11) is 4.16. The Morgan fingerprint density at radius 3 is 1.64 bits per heavy atom. The van der Waals surface area contributed by atoms with Crippen molar-refractivity contribution >= 4 is 14.6 Å². The van der Waals surface area contributed by atoms with E-state index in [0.717, 1.165) is 19.2 Å². The third kappa shape index (κ3) is 7.95. The average molecular weight is 443 g/mol. The molecular weight excluding hydrogens is 420 g/mol. The molecule has 0 saturated carbocycles. The Bertz CT molecular complexity index is 505. The van der Waals surface area contributed by atoms with E-state index in [9.17, 15) is 0 Å². The van der Waals surface area contributed by atoms with Crippen LogP contribution in [0.15, 0.2) is 49.1 Å². The maximum atomic E-state index is 3.74. The smallest absolute Gasteiger partial charge is 0.200 e. The molecule has 0 saturated heterocycles. The third-order valence-corrected chi connectivity index (χ3v) is 3.08. The maximum absolute atomic E-state index is 3.74. The summed E-state index contributed by atoms with van der Waals surface area (Å²) in [6, 6.07) is 8.61. The number of hydrogen-bond donors (Lipinski definition) is 0. The minimum absolute atomic E-state index is 0. The van der Waals surface area contributed by atoms with Gasteiger partial charge in [0, 0.05) is 89.7 Å². The number of pyridine rings is 2. The van der Waals surface area contributed by atoms with E-state index in [1.807, 2.05) is 7.28 Å². The fourth-order valence-electron chi connectivity index (χ4n) is 1.97. The molecule has 2 nitrogen and oxygen atoms in total. The Morgan fingerprint density at radius 2 is 1.27 bits per heavy atom. The average Bonchev–Trinajstić information content (AvgIpc) is 2.47. The van der Waals surface area contributed by atoms with E-state index in [4.69, 9.17) is 0 Å². The van der Waals surface area contributed by atoms with Crippen LogP contribution >= 0.6 is 0 Å². The SMILES string of the molecule is C.[CH2-][B]C[n+]1ccc(-c2cc[n+](C[B]CC)cc2)cc1.[Y].[Y]. The zero-order chi connectivity index (χ0) is 13.5. The van der Waals surface area contributed by atoms with Crippen LogP contribution in [0, 0.1) is 6.82 Å². The molecule has 4 radical (unpaired) electrons. The summed E-state index contributed by atoms with van der Waals surface area (Å²) in [5.74, 6) is 0. The van der Waals surface area contributed by atoms with E-state index >= 15 is 0 Å². The predicted molar refractivity (Wildman–Crippen MR) is 86.3 cm³/mol. The zero-order valence-corrected chi connectivity index (χ0v) is 18.3. The van der Waals surface area contributed by atoms with Gasteiger partial charge in [-0.05, 0) is 18.4 Å². The molecule has 0 bridgehead atoms. The van der Waals surface area contributed by atoms with E-state index < -0.39 is 0 Å². The van der Waals surface area contributed by atoms with Gasteiger partial charge in [-0.25, -0.2) is 9.13 Å². The van der Waals surface area contributed by atoms with Crippen molar-refractivity contribution in [2.75, 3.05) is 0 Å². The van der Waals surface area contributed by atoms with Crippen LogP contribution in [0.25, 0.3) is 11.1 Å². The molecule has 0 unspecified atom stereocenters. The fourth-order valence-corrected chi connectivity index (χ4v) is 1.97. The summed E-state index contributed by atoms with van der Waals surface area (Å²) >= 11 is 0. The second-order valence-corrected chi connectivity index (χ2v) is 4.55. The Hall–Kier alpha value is 0.638. The molecule has 0 aliphatic rings. The van der Waals surface area contributed by atoms with Gasteiger partial charge in [0.15, 0.2) is 24.8 Å². The second kappa shape index (κ2) is 14.0. The number of rotatable bonds is 6. The van der Waals surface area contributed by atoms with E-state index in [2.05, 4.69) is 79.2 Å². The molecule has 0 atom stereocenters. The molecule has 0 aliphatic heterocycles. The van der Waals surface area contributed by atoms with Crippen LogP contribution in [0.1, 0.15) is 14.4 Å². The Kier molecular flexibility index (Phi) is 15.9. The molecule has 0 N–H and O–H groups in total. The largest absolute Gasteiger partial charge is 0.367 e. The summed E-state index contributed by atoms with van der Waals surface area (Å²) in [5.41, 5.74) is 2.49. The summed E-state index contributed by atoms with van der Waals surface area (Å²) in [6.45, 7) is 5.91. The van der Waals surface area contributed by atoms with Crippen molar-refractivity contribution in [1.29, 1.82) is 0 Å². The molecule has 2 aromatic rings. The molecule has 2 rings (SSSR count). The monoisotopic (exact) mass is 443 g/mol. The van der Waals surface area contributed by atoms with Crippen LogP contribution in [0.3, 0.4) is 0 Å². The van der Waals surface area contributed by atoms with Gasteiger partial charge in [-0.2, -0.15) is 0 Å². The number of hydrogen-bond acceptors (Lipinski definition) is 0. The molecule has 0 amide bonds. The van der Waals surface area contributed by atoms with E-state index in [1.54, 1.807) is 0 Å². The zero-order valence-electron chi connectivity index (χ0n) is 12.7. The van der Waals surface area contributed by atoms with Gasteiger partial charge in [0.05, 0.1) is 6.44 Å². The quantitative estimate of drug-likeness (QED) is 0.368. The van der Waals surface area contributed by atoms with Crippen molar-refractivity contribution in [2.24, 2.45) is 0 Å². The van der Waals surface area contributed by atoms with E-state index in [-0.39, 0.29) is 72.8 Å². The van der Waals surface area contributed by atoms with Gasteiger partial charge in [0.1, 0.15) is 6.44 Å². The number of nitrogens with zero attached hydrogens (tertiary/aromatic N) is 2. The first-order valence-corrected chi connectivity index (χ1v) is 6.74. The first-order chi connectivity index (χ1) is 9.33. The molecule has 22 heavy (non-hydrogen) atoms. The molecule has 0 fully saturated rings. The van der Waals surface area contributed by atoms with Gasteiger partial charge < -0.3 is 6.82 Å². The van der Waals surface area contributed by atoms with Crippen LogP contribution in [-0.4, -0.2) is 14.6 Å². The van der Waals surface area contributed by atoms with Crippen LogP contribution in [0.2, 0.25) is 6.32 Å². The molecule has 0 aliphatic carbocycles. The summed E-state index contributed by atoms with van der Waals surface area (Å²) < 4.78 is 4.30. The van der Waals surface area contributed by atoms with Crippen LogP contribution < -0.4 is 9.13 Å². The molecule has 108 valence electrons. The summed E-state index contributed by atoms with van der Waals surface area (Å²) in [5, 5.41) is 0. The summed E-state index contributed by atoms with van der Waals surface area (Å²) in [6.07, 6.45) is 11.4. The molecule has 2 heterocycles. The minimum Gasteiger partial charge on any atom is -0.367 e. The van der Waals surface area contributed by atoms with Gasteiger partial charge in [-0.15, -0.1) is 0 Å². The standard InChI is InChI=1S/C15H19B2N2.CH4.2Y/c1-3-17-13-19-10-6-15(7-11-19)14-4-8-18(9-5-14)12-16-2;;;/h4-11H,2-3,12-13H2,1H3;1H4;;/q+1;;;. The maximum Gasteiger partial charge on any atom is 0.200 e. The molecule has 0 spiro atoms. The number of aromatic nitrogens is 2. The predicted octanol–water partition coefficient (Wildman–Crippen LogP) is 2.11. The molecule has 0 aromatic carbocycles. The Labute approximate surface area is 187 Å². The van der Waals surface area contributed by atoms with Crippen molar-refractivity contribution < 1.29 is 74.6 Å². The molecule has 2 aromatic heterocycles. The van der Waals surface area contributed by atoms with Crippen LogP contribution in [0.5, 0.6) is 0 Å². The van der Waals surface area contributed by atoms with Gasteiger partial charge in [0.25, 0.3) is 0 Å². The van der Waals surface area contributed by atoms with E-state index in [1.165, 1.54) is 11.1 Å². The van der Waals surface area contributed by atoms with Gasteiger partial charge in [-0.1, -0.05) is 20.7 Å². The third-order valence-electron chi connectivity index (χ3n) is 3.08. The van der Waals surface area contributed by atoms with Crippen LogP contribution in [0.4, 0.5) is 0 Å².